The molecule has 5 nitrogen and oxygen atoms in total. The van der Waals surface area contributed by atoms with Crippen LogP contribution in [-0.2, 0) is 0 Å². The first-order valence-electron chi connectivity index (χ1n) is 9.98. The lowest BCUT2D eigenvalue weighted by Gasteiger charge is -2.21. The molecule has 2 aromatic heterocycles. The molecule has 1 unspecified atom stereocenters. The van der Waals surface area contributed by atoms with Crippen LogP contribution in [0.2, 0.25) is 5.02 Å². The Labute approximate surface area is 196 Å². The van der Waals surface area contributed by atoms with Crippen molar-refractivity contribution in [3.05, 3.63) is 35.4 Å². The molecule has 0 radical (unpaired) electrons. The molecule has 0 bridgehead atoms. The Morgan fingerprint density at radius 1 is 1.07 bits per heavy atom. The average molecular weight is 474 g/mol. The van der Waals surface area contributed by atoms with E-state index in [0.717, 1.165) is 60.1 Å². The van der Waals surface area contributed by atoms with Gasteiger partial charge in [-0.1, -0.05) is 25.4 Å². The molecule has 0 saturated heterocycles. The molecule has 1 aromatic carbocycles. The predicted molar refractivity (Wildman–Crippen MR) is 133 cm³/mol. The van der Waals surface area contributed by atoms with Crippen molar-refractivity contribution in [3.63, 3.8) is 0 Å². The fourth-order valence-electron chi connectivity index (χ4n) is 3.51. The van der Waals surface area contributed by atoms with E-state index in [0.29, 0.717) is 16.9 Å². The number of fused-ring (bicyclic) bond motifs is 2. The minimum atomic E-state index is 0. The Bertz CT molecular complexity index is 950. The van der Waals surface area contributed by atoms with E-state index in [1.807, 2.05) is 30.3 Å². The zero-order valence-corrected chi connectivity index (χ0v) is 20.3. The molecular weight excluding hydrogens is 443 g/mol. The number of hydrogen-bond donors (Lipinski definition) is 1. The van der Waals surface area contributed by atoms with E-state index in [4.69, 9.17) is 21.3 Å². The van der Waals surface area contributed by atoms with Crippen LogP contribution in [0.15, 0.2) is 30.3 Å². The fourth-order valence-corrected chi connectivity index (χ4v) is 3.68. The van der Waals surface area contributed by atoms with E-state index in [2.05, 4.69) is 36.0 Å². The zero-order valence-electron chi connectivity index (χ0n) is 17.9. The number of nitrogens with one attached hydrogen (secondary N) is 1. The van der Waals surface area contributed by atoms with Crippen molar-refractivity contribution >= 4 is 64.0 Å². The third-order valence-electron chi connectivity index (χ3n) is 5.16. The van der Waals surface area contributed by atoms with Gasteiger partial charge >= 0.3 is 0 Å². The van der Waals surface area contributed by atoms with E-state index in [1.165, 1.54) is 0 Å². The Hall–Kier alpha value is -1.53. The van der Waals surface area contributed by atoms with Crippen molar-refractivity contribution in [2.75, 3.05) is 32.1 Å². The van der Waals surface area contributed by atoms with Crippen LogP contribution in [0.5, 0.6) is 5.88 Å². The molecular formula is C22H31Cl3N4O. The lowest BCUT2D eigenvalue weighted by Crippen LogP contribution is -2.25. The maximum absolute atomic E-state index is 6.20. The second-order valence-corrected chi connectivity index (χ2v) is 7.52. The van der Waals surface area contributed by atoms with Gasteiger partial charge in [-0.05, 0) is 63.7 Å². The minimum Gasteiger partial charge on any atom is -0.481 e. The molecule has 166 valence electrons. The summed E-state index contributed by atoms with van der Waals surface area (Å²) >= 11 is 6.20. The molecule has 2 heterocycles. The molecule has 30 heavy (non-hydrogen) atoms. The highest BCUT2D eigenvalue weighted by Crippen LogP contribution is 2.33. The molecule has 0 amide bonds. The molecule has 1 atom stereocenters. The number of aromatic nitrogens is 2. The molecule has 0 spiro atoms. The van der Waals surface area contributed by atoms with Crippen molar-refractivity contribution < 1.29 is 4.74 Å². The second-order valence-electron chi connectivity index (χ2n) is 7.08. The number of pyridine rings is 2. The third kappa shape index (κ3) is 6.24. The lowest BCUT2D eigenvalue weighted by atomic mass is 10.1. The Morgan fingerprint density at radius 2 is 1.80 bits per heavy atom. The number of nitrogens with zero attached hydrogens (tertiary/aromatic N) is 3. The molecule has 0 aliphatic heterocycles. The van der Waals surface area contributed by atoms with E-state index >= 15 is 0 Å². The second kappa shape index (κ2) is 12.4. The summed E-state index contributed by atoms with van der Waals surface area (Å²) in [4.78, 5) is 11.9. The first-order chi connectivity index (χ1) is 13.5. The topological polar surface area (TPSA) is 50.3 Å². The maximum Gasteiger partial charge on any atom is 0.213 e. The Kier molecular flexibility index (Phi) is 10.9. The van der Waals surface area contributed by atoms with Crippen LogP contribution >= 0.6 is 36.4 Å². The van der Waals surface area contributed by atoms with Gasteiger partial charge in [0.15, 0.2) is 0 Å². The van der Waals surface area contributed by atoms with Gasteiger partial charge in [-0.3, -0.25) is 0 Å². The van der Waals surface area contributed by atoms with Gasteiger partial charge in [0.2, 0.25) is 5.88 Å². The molecule has 0 fully saturated rings. The molecule has 8 heteroatoms. The standard InChI is InChI=1S/C22H29ClN4O.2ClH/c1-5-27(6-2)13-7-8-15(3)24-21-17-10-9-16(23)14-19(17)25-18-11-12-20(28-4)26-22(18)21;;/h9-12,14-15H,5-8,13H2,1-4H3,(H,24,25);2*1H. The number of rotatable bonds is 9. The zero-order chi connectivity index (χ0) is 20.1. The highest BCUT2D eigenvalue weighted by Gasteiger charge is 2.14. The van der Waals surface area contributed by atoms with Gasteiger partial charge in [-0.2, -0.15) is 0 Å². The van der Waals surface area contributed by atoms with Crippen LogP contribution in [0.1, 0.15) is 33.6 Å². The van der Waals surface area contributed by atoms with Gasteiger partial charge in [0, 0.05) is 22.5 Å². The predicted octanol–water partition coefficient (Wildman–Crippen LogP) is 6.21. The maximum atomic E-state index is 6.20. The van der Waals surface area contributed by atoms with Crippen LogP contribution in [0.4, 0.5) is 5.69 Å². The van der Waals surface area contributed by atoms with Crippen molar-refractivity contribution in [1.29, 1.82) is 0 Å². The first kappa shape index (κ1) is 26.5. The van der Waals surface area contributed by atoms with Crippen LogP contribution in [0.25, 0.3) is 21.9 Å². The number of ether oxygens (including phenoxy) is 1. The Balaban J connectivity index is 0.00000225. The van der Waals surface area contributed by atoms with E-state index < -0.39 is 0 Å². The summed E-state index contributed by atoms with van der Waals surface area (Å²) in [5.74, 6) is 0.583. The van der Waals surface area contributed by atoms with Crippen LogP contribution in [-0.4, -0.2) is 47.7 Å². The van der Waals surface area contributed by atoms with Gasteiger partial charge < -0.3 is 15.0 Å². The van der Waals surface area contributed by atoms with Crippen molar-refractivity contribution in [3.8, 4) is 5.88 Å². The van der Waals surface area contributed by atoms with E-state index in [9.17, 15) is 0 Å². The minimum absolute atomic E-state index is 0. The van der Waals surface area contributed by atoms with Gasteiger partial charge in [0.25, 0.3) is 0 Å². The molecule has 1 N–H and O–H groups in total. The van der Waals surface area contributed by atoms with E-state index in [-0.39, 0.29) is 24.8 Å². The third-order valence-corrected chi connectivity index (χ3v) is 5.40. The largest absolute Gasteiger partial charge is 0.481 e. The smallest absolute Gasteiger partial charge is 0.213 e. The van der Waals surface area contributed by atoms with Gasteiger partial charge in [-0.15, -0.1) is 24.8 Å². The molecule has 0 saturated carbocycles. The summed E-state index contributed by atoms with van der Waals surface area (Å²) in [5, 5.41) is 5.39. The van der Waals surface area contributed by atoms with Gasteiger partial charge in [-0.25, -0.2) is 9.97 Å². The summed E-state index contributed by atoms with van der Waals surface area (Å²) < 4.78 is 5.34. The van der Waals surface area contributed by atoms with Crippen molar-refractivity contribution in [1.82, 2.24) is 14.9 Å². The fraction of sp³-hybridized carbons (Fsp3) is 0.455. The van der Waals surface area contributed by atoms with Gasteiger partial charge in [0.05, 0.1) is 23.8 Å². The molecule has 0 aliphatic rings. The SMILES string of the molecule is CCN(CC)CCCC(C)Nc1c2ccc(Cl)cc2nc2ccc(OC)nc12.Cl.Cl. The number of benzene rings is 1. The lowest BCUT2D eigenvalue weighted by molar-refractivity contribution is 0.295. The van der Waals surface area contributed by atoms with Crippen LogP contribution in [0, 0.1) is 0 Å². The number of anilines is 1. The molecule has 3 aromatic rings. The van der Waals surface area contributed by atoms with E-state index in [1.54, 1.807) is 7.11 Å². The monoisotopic (exact) mass is 472 g/mol. The highest BCUT2D eigenvalue weighted by molar-refractivity contribution is 6.31. The highest BCUT2D eigenvalue weighted by atomic mass is 35.5. The summed E-state index contributed by atoms with van der Waals surface area (Å²) in [5.41, 5.74) is 3.51. The summed E-state index contributed by atoms with van der Waals surface area (Å²) in [6.45, 7) is 9.97. The van der Waals surface area contributed by atoms with Gasteiger partial charge in [0.1, 0.15) is 5.52 Å². The number of methoxy groups -OCH3 is 1. The molecule has 0 aliphatic carbocycles. The normalized spacial score (nSPS) is 11.8. The average Bonchev–Trinajstić information content (AvgIpc) is 2.70. The quantitative estimate of drug-likeness (QED) is 0.374. The summed E-state index contributed by atoms with van der Waals surface area (Å²) in [6.07, 6.45) is 2.23. The molecule has 3 rings (SSSR count). The summed E-state index contributed by atoms with van der Waals surface area (Å²) in [6, 6.07) is 9.90. The Morgan fingerprint density at radius 3 is 2.47 bits per heavy atom. The van der Waals surface area contributed by atoms with Crippen LogP contribution < -0.4 is 10.1 Å². The number of halogens is 3. The number of hydrogen-bond acceptors (Lipinski definition) is 5. The summed E-state index contributed by atoms with van der Waals surface area (Å²) in [7, 11) is 1.63. The van der Waals surface area contributed by atoms with Crippen LogP contribution in [0.3, 0.4) is 0 Å². The van der Waals surface area contributed by atoms with Crippen molar-refractivity contribution in [2.24, 2.45) is 0 Å². The van der Waals surface area contributed by atoms with Crippen molar-refractivity contribution in [2.45, 2.75) is 39.7 Å². The first-order valence-corrected chi connectivity index (χ1v) is 10.4.